The predicted molar refractivity (Wildman–Crippen MR) is 79.5 cm³/mol. The molecule has 4 heteroatoms. The second kappa shape index (κ2) is 7.18. The van der Waals surface area contributed by atoms with Gasteiger partial charge in [-0.1, -0.05) is 37.3 Å². The highest BCUT2D eigenvalue weighted by Gasteiger charge is 2.21. The van der Waals surface area contributed by atoms with E-state index in [-0.39, 0.29) is 5.56 Å². The molecule has 0 aromatic heterocycles. The van der Waals surface area contributed by atoms with Gasteiger partial charge in [0.25, 0.3) is 0 Å². The van der Waals surface area contributed by atoms with Gasteiger partial charge in [-0.2, -0.15) is 0 Å². The maximum absolute atomic E-state index is 14.1. The SMILES string of the molecule is CCCOc1ccccc1C(NC)c1cccc(F)c1F. The molecule has 2 aromatic rings. The quantitative estimate of drug-likeness (QED) is 0.866. The molecule has 0 aliphatic carbocycles. The van der Waals surface area contributed by atoms with Gasteiger partial charge in [-0.3, -0.25) is 0 Å². The zero-order chi connectivity index (χ0) is 15.2. The van der Waals surface area contributed by atoms with Gasteiger partial charge in [0.15, 0.2) is 11.6 Å². The van der Waals surface area contributed by atoms with Gasteiger partial charge in [0.2, 0.25) is 0 Å². The van der Waals surface area contributed by atoms with Crippen LogP contribution in [-0.4, -0.2) is 13.7 Å². The van der Waals surface area contributed by atoms with Crippen molar-refractivity contribution in [1.82, 2.24) is 5.32 Å². The zero-order valence-corrected chi connectivity index (χ0v) is 12.2. The van der Waals surface area contributed by atoms with E-state index in [0.29, 0.717) is 12.4 Å². The van der Waals surface area contributed by atoms with Crippen molar-refractivity contribution in [3.05, 3.63) is 65.2 Å². The molecule has 0 spiro atoms. The Balaban J connectivity index is 2.44. The van der Waals surface area contributed by atoms with Crippen LogP contribution in [0.4, 0.5) is 8.78 Å². The highest BCUT2D eigenvalue weighted by Crippen LogP contribution is 2.31. The van der Waals surface area contributed by atoms with Gasteiger partial charge < -0.3 is 10.1 Å². The molecular formula is C17H19F2NO. The Labute approximate surface area is 123 Å². The molecule has 0 aliphatic rings. The smallest absolute Gasteiger partial charge is 0.163 e. The lowest BCUT2D eigenvalue weighted by Gasteiger charge is -2.21. The van der Waals surface area contributed by atoms with Crippen molar-refractivity contribution < 1.29 is 13.5 Å². The Morgan fingerprint density at radius 3 is 2.48 bits per heavy atom. The summed E-state index contributed by atoms with van der Waals surface area (Å²) >= 11 is 0. The molecular weight excluding hydrogens is 272 g/mol. The van der Waals surface area contributed by atoms with Gasteiger partial charge in [0.1, 0.15) is 5.75 Å². The summed E-state index contributed by atoms with van der Waals surface area (Å²) in [5, 5.41) is 3.03. The minimum absolute atomic E-state index is 0.269. The Kier molecular flexibility index (Phi) is 5.28. The van der Waals surface area contributed by atoms with E-state index in [0.717, 1.165) is 18.1 Å². The summed E-state index contributed by atoms with van der Waals surface area (Å²) in [7, 11) is 1.71. The second-order valence-corrected chi connectivity index (χ2v) is 4.75. The highest BCUT2D eigenvalue weighted by atomic mass is 19.2. The fourth-order valence-corrected chi connectivity index (χ4v) is 2.28. The van der Waals surface area contributed by atoms with Crippen LogP contribution in [0.2, 0.25) is 0 Å². The Hall–Kier alpha value is -1.94. The van der Waals surface area contributed by atoms with Crippen molar-refractivity contribution in [3.8, 4) is 5.75 Å². The number of rotatable bonds is 6. The lowest BCUT2D eigenvalue weighted by Crippen LogP contribution is -2.20. The first kappa shape index (κ1) is 15.4. The van der Waals surface area contributed by atoms with Crippen LogP contribution in [0.1, 0.15) is 30.5 Å². The number of ether oxygens (including phenoxy) is 1. The summed E-state index contributed by atoms with van der Waals surface area (Å²) in [4.78, 5) is 0. The Bertz CT molecular complexity index is 601. The second-order valence-electron chi connectivity index (χ2n) is 4.75. The standard InChI is InChI=1S/C17H19F2NO/c1-3-11-21-15-10-5-4-7-12(15)17(20-2)13-8-6-9-14(18)16(13)19/h4-10,17,20H,3,11H2,1-2H3. The van der Waals surface area contributed by atoms with Gasteiger partial charge >= 0.3 is 0 Å². The third kappa shape index (κ3) is 3.39. The van der Waals surface area contributed by atoms with Crippen LogP contribution >= 0.6 is 0 Å². The van der Waals surface area contributed by atoms with Crippen molar-refractivity contribution in [2.45, 2.75) is 19.4 Å². The zero-order valence-electron chi connectivity index (χ0n) is 12.2. The van der Waals surface area contributed by atoms with Crippen molar-refractivity contribution >= 4 is 0 Å². The lowest BCUT2D eigenvalue weighted by molar-refractivity contribution is 0.312. The Morgan fingerprint density at radius 1 is 1.05 bits per heavy atom. The monoisotopic (exact) mass is 291 g/mol. The van der Waals surface area contributed by atoms with E-state index < -0.39 is 17.7 Å². The molecule has 1 N–H and O–H groups in total. The molecule has 2 nitrogen and oxygen atoms in total. The molecule has 0 amide bonds. The van der Waals surface area contributed by atoms with Crippen LogP contribution in [0.15, 0.2) is 42.5 Å². The minimum Gasteiger partial charge on any atom is -0.493 e. The molecule has 1 atom stereocenters. The molecule has 21 heavy (non-hydrogen) atoms. The van der Waals surface area contributed by atoms with Crippen LogP contribution in [0.3, 0.4) is 0 Å². The topological polar surface area (TPSA) is 21.3 Å². The number of para-hydroxylation sites is 1. The summed E-state index contributed by atoms with van der Waals surface area (Å²) in [5.41, 5.74) is 1.06. The van der Waals surface area contributed by atoms with Crippen LogP contribution in [-0.2, 0) is 0 Å². The number of benzene rings is 2. The van der Waals surface area contributed by atoms with Crippen molar-refractivity contribution in [1.29, 1.82) is 0 Å². The van der Waals surface area contributed by atoms with Crippen LogP contribution in [0.5, 0.6) is 5.75 Å². The average Bonchev–Trinajstić information content (AvgIpc) is 2.51. The third-order valence-corrected chi connectivity index (χ3v) is 3.27. The summed E-state index contributed by atoms with van der Waals surface area (Å²) in [6.45, 7) is 2.60. The largest absolute Gasteiger partial charge is 0.493 e. The maximum atomic E-state index is 14.1. The molecule has 0 saturated carbocycles. The molecule has 1 unspecified atom stereocenters. The minimum atomic E-state index is -0.847. The Morgan fingerprint density at radius 2 is 1.76 bits per heavy atom. The van der Waals surface area contributed by atoms with E-state index in [1.807, 2.05) is 31.2 Å². The molecule has 2 aromatic carbocycles. The fourth-order valence-electron chi connectivity index (χ4n) is 2.28. The van der Waals surface area contributed by atoms with Crippen molar-refractivity contribution in [3.63, 3.8) is 0 Å². The van der Waals surface area contributed by atoms with Gasteiger partial charge in [0, 0.05) is 11.1 Å². The summed E-state index contributed by atoms with van der Waals surface area (Å²) in [5.74, 6) is -0.996. The van der Waals surface area contributed by atoms with Crippen molar-refractivity contribution in [2.24, 2.45) is 0 Å². The summed E-state index contributed by atoms with van der Waals surface area (Å²) in [6, 6.07) is 11.2. The molecule has 0 bridgehead atoms. The molecule has 0 fully saturated rings. The van der Waals surface area contributed by atoms with Gasteiger partial charge in [-0.15, -0.1) is 0 Å². The number of halogens is 2. The van der Waals surface area contributed by atoms with E-state index in [2.05, 4.69) is 5.32 Å². The van der Waals surface area contributed by atoms with Crippen LogP contribution in [0, 0.1) is 11.6 Å². The highest BCUT2D eigenvalue weighted by molar-refractivity contribution is 5.42. The molecule has 0 aliphatic heterocycles. The first-order valence-corrected chi connectivity index (χ1v) is 7.02. The van der Waals surface area contributed by atoms with E-state index in [4.69, 9.17) is 4.74 Å². The molecule has 0 radical (unpaired) electrons. The number of hydrogen-bond acceptors (Lipinski definition) is 2. The first-order chi connectivity index (χ1) is 10.2. The summed E-state index contributed by atoms with van der Waals surface area (Å²) in [6.07, 6.45) is 0.882. The molecule has 0 heterocycles. The average molecular weight is 291 g/mol. The molecule has 112 valence electrons. The normalized spacial score (nSPS) is 12.2. The van der Waals surface area contributed by atoms with E-state index in [1.165, 1.54) is 6.07 Å². The third-order valence-electron chi connectivity index (χ3n) is 3.27. The van der Waals surface area contributed by atoms with Gasteiger partial charge in [0.05, 0.1) is 12.6 Å². The summed E-state index contributed by atoms with van der Waals surface area (Å²) < 4.78 is 33.2. The van der Waals surface area contributed by atoms with Gasteiger partial charge in [-0.05, 0) is 25.6 Å². The predicted octanol–water partition coefficient (Wildman–Crippen LogP) is 4.06. The number of nitrogens with one attached hydrogen (secondary N) is 1. The fraction of sp³-hybridized carbons (Fsp3) is 0.294. The first-order valence-electron chi connectivity index (χ1n) is 7.02. The van der Waals surface area contributed by atoms with E-state index in [9.17, 15) is 8.78 Å². The number of hydrogen-bond donors (Lipinski definition) is 1. The van der Waals surface area contributed by atoms with Crippen LogP contribution < -0.4 is 10.1 Å². The maximum Gasteiger partial charge on any atom is 0.163 e. The molecule has 0 saturated heterocycles. The lowest BCUT2D eigenvalue weighted by atomic mass is 9.97. The van der Waals surface area contributed by atoms with Crippen molar-refractivity contribution in [2.75, 3.05) is 13.7 Å². The molecule has 2 rings (SSSR count). The van der Waals surface area contributed by atoms with E-state index in [1.54, 1.807) is 13.1 Å². The van der Waals surface area contributed by atoms with Crippen LogP contribution in [0.25, 0.3) is 0 Å². The van der Waals surface area contributed by atoms with Gasteiger partial charge in [-0.25, -0.2) is 8.78 Å². The van der Waals surface area contributed by atoms with E-state index >= 15 is 0 Å².